The molecule has 0 spiro atoms. The van der Waals surface area contributed by atoms with Gasteiger partial charge >= 0.3 is 0 Å². The summed E-state index contributed by atoms with van der Waals surface area (Å²) in [5, 5.41) is 11.8. The summed E-state index contributed by atoms with van der Waals surface area (Å²) in [6, 6.07) is 8.76. The Morgan fingerprint density at radius 2 is 2.00 bits per heavy atom. The summed E-state index contributed by atoms with van der Waals surface area (Å²) in [7, 11) is 0. The minimum Gasteiger partial charge on any atom is -0.356 e. The molecule has 5 heteroatoms. The number of hydrogen-bond donors (Lipinski definition) is 1. The van der Waals surface area contributed by atoms with E-state index in [2.05, 4.69) is 5.32 Å². The second kappa shape index (κ2) is 8.18. The van der Waals surface area contributed by atoms with Gasteiger partial charge in [-0.3, -0.25) is 9.59 Å². The number of carbonyl (C=O) groups excluding carboxylic acids is 2. The van der Waals surface area contributed by atoms with Crippen LogP contribution in [0.3, 0.4) is 0 Å². The highest BCUT2D eigenvalue weighted by atomic mass is 16.2. The Balaban J connectivity index is 2.09. The Kier molecular flexibility index (Phi) is 5.96. The molecule has 1 aromatic carbocycles. The molecule has 0 atom stereocenters. The number of rotatable bonds is 1. The molecule has 5 nitrogen and oxygen atoms in total. The van der Waals surface area contributed by atoms with E-state index in [9.17, 15) is 9.59 Å². The van der Waals surface area contributed by atoms with Gasteiger partial charge in [-0.15, -0.1) is 0 Å². The highest BCUT2D eigenvalue weighted by Gasteiger charge is 2.17. The third kappa shape index (κ3) is 4.59. The maximum atomic E-state index is 12.6. The van der Waals surface area contributed by atoms with Crippen molar-refractivity contribution in [3.63, 3.8) is 0 Å². The third-order valence-electron chi connectivity index (χ3n) is 3.81. The van der Waals surface area contributed by atoms with E-state index in [1.54, 1.807) is 29.2 Å². The molecule has 1 aliphatic rings. The quantitative estimate of drug-likeness (QED) is 0.863. The first-order chi connectivity index (χ1) is 10.7. The predicted molar refractivity (Wildman–Crippen MR) is 83.2 cm³/mol. The van der Waals surface area contributed by atoms with Crippen LogP contribution in [0.15, 0.2) is 24.3 Å². The van der Waals surface area contributed by atoms with Gasteiger partial charge < -0.3 is 10.2 Å². The van der Waals surface area contributed by atoms with Crippen molar-refractivity contribution in [3.05, 3.63) is 35.4 Å². The van der Waals surface area contributed by atoms with Gasteiger partial charge in [0.2, 0.25) is 5.91 Å². The molecule has 22 heavy (non-hydrogen) atoms. The standard InChI is InChI=1S/C17H21N3O2/c18-13-14-6-5-7-15(12-14)17(22)20-10-4-2-1-3-9-19-16(21)8-11-20/h5-7,12H,1-4,8-11H2,(H,19,21). The van der Waals surface area contributed by atoms with E-state index in [0.717, 1.165) is 32.2 Å². The Morgan fingerprint density at radius 1 is 1.18 bits per heavy atom. The molecule has 1 aromatic rings. The van der Waals surface area contributed by atoms with E-state index in [-0.39, 0.29) is 11.8 Å². The molecule has 1 heterocycles. The van der Waals surface area contributed by atoms with Crippen molar-refractivity contribution in [3.8, 4) is 6.07 Å². The molecule has 1 saturated heterocycles. The van der Waals surface area contributed by atoms with Crippen LogP contribution in [0.4, 0.5) is 0 Å². The smallest absolute Gasteiger partial charge is 0.253 e. The second-order valence-corrected chi connectivity index (χ2v) is 5.50. The molecule has 116 valence electrons. The molecule has 2 rings (SSSR count). The van der Waals surface area contributed by atoms with Gasteiger partial charge in [0.25, 0.3) is 5.91 Å². The Bertz CT molecular complexity index is 578. The van der Waals surface area contributed by atoms with Gasteiger partial charge in [0.1, 0.15) is 0 Å². The van der Waals surface area contributed by atoms with Crippen LogP contribution in [0.5, 0.6) is 0 Å². The number of carbonyl (C=O) groups is 2. The Hall–Kier alpha value is -2.35. The summed E-state index contributed by atoms with van der Waals surface area (Å²) in [4.78, 5) is 26.1. The van der Waals surface area contributed by atoms with Crippen LogP contribution >= 0.6 is 0 Å². The summed E-state index contributed by atoms with van der Waals surface area (Å²) < 4.78 is 0. The summed E-state index contributed by atoms with van der Waals surface area (Å²) in [6.07, 6.45) is 4.37. The fraction of sp³-hybridized carbons (Fsp3) is 0.471. The molecule has 0 unspecified atom stereocenters. The number of nitrogens with one attached hydrogen (secondary N) is 1. The van der Waals surface area contributed by atoms with Crippen LogP contribution in [-0.2, 0) is 4.79 Å². The molecule has 0 saturated carbocycles. The molecular weight excluding hydrogens is 278 g/mol. The Labute approximate surface area is 130 Å². The van der Waals surface area contributed by atoms with Crippen LogP contribution in [-0.4, -0.2) is 36.3 Å². The zero-order valence-corrected chi connectivity index (χ0v) is 12.7. The summed E-state index contributed by atoms with van der Waals surface area (Å²) >= 11 is 0. The average Bonchev–Trinajstić information content (AvgIpc) is 2.60. The molecule has 0 radical (unpaired) electrons. The minimum absolute atomic E-state index is 0.00882. The van der Waals surface area contributed by atoms with Crippen LogP contribution in [0.25, 0.3) is 0 Å². The maximum absolute atomic E-state index is 12.6. The van der Waals surface area contributed by atoms with Crippen molar-refractivity contribution in [2.75, 3.05) is 19.6 Å². The maximum Gasteiger partial charge on any atom is 0.253 e. The van der Waals surface area contributed by atoms with E-state index in [1.165, 1.54) is 0 Å². The minimum atomic E-state index is -0.107. The monoisotopic (exact) mass is 299 g/mol. The zero-order valence-electron chi connectivity index (χ0n) is 12.7. The van der Waals surface area contributed by atoms with Crippen LogP contribution in [0.1, 0.15) is 48.0 Å². The lowest BCUT2D eigenvalue weighted by Gasteiger charge is -2.22. The average molecular weight is 299 g/mol. The number of amides is 2. The fourth-order valence-corrected chi connectivity index (χ4v) is 2.55. The van der Waals surface area contributed by atoms with E-state index in [0.29, 0.717) is 30.6 Å². The van der Waals surface area contributed by atoms with E-state index in [1.807, 2.05) is 6.07 Å². The van der Waals surface area contributed by atoms with Gasteiger partial charge in [-0.25, -0.2) is 0 Å². The lowest BCUT2D eigenvalue weighted by molar-refractivity contribution is -0.121. The molecule has 1 fully saturated rings. The van der Waals surface area contributed by atoms with Crippen LogP contribution < -0.4 is 5.32 Å². The van der Waals surface area contributed by atoms with Crippen molar-refractivity contribution in [2.24, 2.45) is 0 Å². The van der Waals surface area contributed by atoms with Crippen LogP contribution in [0.2, 0.25) is 0 Å². The lowest BCUT2D eigenvalue weighted by atomic mass is 10.1. The third-order valence-corrected chi connectivity index (χ3v) is 3.81. The van der Waals surface area contributed by atoms with E-state index in [4.69, 9.17) is 5.26 Å². The predicted octanol–water partition coefficient (Wildman–Crippen LogP) is 2.08. The van der Waals surface area contributed by atoms with Gasteiger partial charge in [0.05, 0.1) is 11.6 Å². The molecule has 1 N–H and O–H groups in total. The normalized spacial score (nSPS) is 17.0. The topological polar surface area (TPSA) is 73.2 Å². The van der Waals surface area contributed by atoms with Gasteiger partial charge in [0, 0.05) is 31.6 Å². The van der Waals surface area contributed by atoms with Crippen molar-refractivity contribution < 1.29 is 9.59 Å². The highest BCUT2D eigenvalue weighted by molar-refractivity contribution is 5.94. The van der Waals surface area contributed by atoms with Crippen molar-refractivity contribution in [1.82, 2.24) is 10.2 Å². The number of hydrogen-bond acceptors (Lipinski definition) is 3. The largest absolute Gasteiger partial charge is 0.356 e. The first kappa shape index (κ1) is 16.0. The summed E-state index contributed by atoms with van der Waals surface area (Å²) in [5.41, 5.74) is 0.982. The molecule has 1 aliphatic heterocycles. The number of benzene rings is 1. The van der Waals surface area contributed by atoms with Crippen LogP contribution in [0, 0.1) is 11.3 Å². The van der Waals surface area contributed by atoms with Gasteiger partial charge in [-0.1, -0.05) is 18.9 Å². The first-order valence-corrected chi connectivity index (χ1v) is 7.77. The van der Waals surface area contributed by atoms with Gasteiger partial charge in [-0.05, 0) is 31.0 Å². The van der Waals surface area contributed by atoms with Crippen molar-refractivity contribution >= 4 is 11.8 Å². The molecule has 2 amide bonds. The second-order valence-electron chi connectivity index (χ2n) is 5.50. The molecule has 0 bridgehead atoms. The Morgan fingerprint density at radius 3 is 2.82 bits per heavy atom. The molecule has 0 aliphatic carbocycles. The number of nitriles is 1. The zero-order chi connectivity index (χ0) is 15.8. The van der Waals surface area contributed by atoms with Crippen molar-refractivity contribution in [1.29, 1.82) is 5.26 Å². The molecular formula is C17H21N3O2. The van der Waals surface area contributed by atoms with Gasteiger partial charge in [0.15, 0.2) is 0 Å². The van der Waals surface area contributed by atoms with E-state index < -0.39 is 0 Å². The van der Waals surface area contributed by atoms with Crippen molar-refractivity contribution in [2.45, 2.75) is 32.1 Å². The first-order valence-electron chi connectivity index (χ1n) is 7.77. The SMILES string of the molecule is N#Cc1cccc(C(=O)N2CCCCCCNC(=O)CC2)c1. The lowest BCUT2D eigenvalue weighted by Crippen LogP contribution is -2.35. The van der Waals surface area contributed by atoms with E-state index >= 15 is 0 Å². The summed E-state index contributed by atoms with van der Waals surface area (Å²) in [6.45, 7) is 1.79. The fourth-order valence-electron chi connectivity index (χ4n) is 2.55. The number of nitrogens with zero attached hydrogens (tertiary/aromatic N) is 2. The van der Waals surface area contributed by atoms with Gasteiger partial charge in [-0.2, -0.15) is 5.26 Å². The molecule has 0 aromatic heterocycles. The highest BCUT2D eigenvalue weighted by Crippen LogP contribution is 2.11. The summed E-state index contributed by atoms with van der Waals surface area (Å²) in [5.74, 6) is -0.116.